The summed E-state index contributed by atoms with van der Waals surface area (Å²) in [4.78, 5) is 2.17. The van der Waals surface area contributed by atoms with Gasteiger partial charge in [-0.3, -0.25) is 0 Å². The summed E-state index contributed by atoms with van der Waals surface area (Å²) >= 11 is 0. The van der Waals surface area contributed by atoms with Gasteiger partial charge >= 0.3 is 0 Å². The van der Waals surface area contributed by atoms with Crippen LogP contribution < -0.4 is 25.8 Å². The lowest BCUT2D eigenvalue weighted by Gasteiger charge is -2.44. The maximum Gasteiger partial charge on any atom is 0.124 e. The standard InChI is InChI=1S/C29H42N4O2/c1-5-34-24-15-16-28(35-6-2)22(17-24)20-31-19-21-11-13-23(14-12-21)29(30)18-27(33(3)4)25-9-7-8-10-26(25)32-29/h7-10,15-18,21,23,31-32H,5-6,11-14,19-20,30H2,1-4H3. The van der Waals surface area contributed by atoms with Gasteiger partial charge in [-0.1, -0.05) is 18.2 Å². The summed E-state index contributed by atoms with van der Waals surface area (Å²) in [7, 11) is 4.19. The van der Waals surface area contributed by atoms with Gasteiger partial charge in [0.15, 0.2) is 0 Å². The summed E-state index contributed by atoms with van der Waals surface area (Å²) in [5.74, 6) is 2.90. The number of nitrogens with zero attached hydrogens (tertiary/aromatic N) is 1. The van der Waals surface area contributed by atoms with Crippen LogP contribution in [0.3, 0.4) is 0 Å². The van der Waals surface area contributed by atoms with Crippen LogP contribution in [-0.2, 0) is 6.54 Å². The Balaban J connectivity index is 1.34. The number of hydrogen-bond donors (Lipinski definition) is 3. The highest BCUT2D eigenvalue weighted by Crippen LogP contribution is 2.41. The number of nitrogens with two attached hydrogens (primary N) is 1. The van der Waals surface area contributed by atoms with Crippen LogP contribution in [0.15, 0.2) is 48.5 Å². The summed E-state index contributed by atoms with van der Waals surface area (Å²) in [6.07, 6.45) is 6.86. The van der Waals surface area contributed by atoms with Gasteiger partial charge in [-0.05, 0) is 88.3 Å². The molecule has 0 bridgehead atoms. The fourth-order valence-electron chi connectivity index (χ4n) is 5.48. The lowest BCUT2D eigenvalue weighted by Crippen LogP contribution is -2.55. The quantitative estimate of drug-likeness (QED) is 0.443. The van der Waals surface area contributed by atoms with Crippen molar-refractivity contribution in [2.24, 2.45) is 17.6 Å². The van der Waals surface area contributed by atoms with Crippen LogP contribution in [0.1, 0.15) is 50.7 Å². The van der Waals surface area contributed by atoms with Crippen molar-refractivity contribution >= 4 is 11.4 Å². The number of rotatable bonds is 10. The molecule has 1 fully saturated rings. The number of ether oxygens (including phenoxy) is 2. The minimum atomic E-state index is -0.515. The zero-order valence-electron chi connectivity index (χ0n) is 21.8. The van der Waals surface area contributed by atoms with E-state index in [2.05, 4.69) is 66.0 Å². The average Bonchev–Trinajstić information content (AvgIpc) is 2.85. The number of nitrogens with one attached hydrogen (secondary N) is 2. The fraction of sp³-hybridized carbons (Fsp3) is 0.517. The van der Waals surface area contributed by atoms with Gasteiger partial charge < -0.3 is 30.7 Å². The van der Waals surface area contributed by atoms with E-state index >= 15 is 0 Å². The first-order valence-electron chi connectivity index (χ1n) is 13.1. The fourth-order valence-corrected chi connectivity index (χ4v) is 5.48. The van der Waals surface area contributed by atoms with Crippen LogP contribution in [0.2, 0.25) is 0 Å². The van der Waals surface area contributed by atoms with Gasteiger partial charge in [-0.25, -0.2) is 0 Å². The third kappa shape index (κ3) is 5.93. The van der Waals surface area contributed by atoms with Crippen molar-refractivity contribution in [1.29, 1.82) is 0 Å². The largest absolute Gasteiger partial charge is 0.494 e. The Morgan fingerprint density at radius 3 is 2.49 bits per heavy atom. The number of para-hydroxylation sites is 1. The predicted octanol–water partition coefficient (Wildman–Crippen LogP) is 5.06. The number of anilines is 1. The normalized spacial score (nSPS) is 23.6. The van der Waals surface area contributed by atoms with Crippen LogP contribution in [0.25, 0.3) is 5.70 Å². The molecule has 0 radical (unpaired) electrons. The molecule has 0 saturated heterocycles. The first-order valence-corrected chi connectivity index (χ1v) is 13.1. The van der Waals surface area contributed by atoms with Gasteiger partial charge in [-0.15, -0.1) is 0 Å². The Hall–Kier alpha value is -2.70. The third-order valence-corrected chi connectivity index (χ3v) is 7.33. The molecule has 2 aromatic carbocycles. The molecule has 0 spiro atoms. The summed E-state index contributed by atoms with van der Waals surface area (Å²) in [6, 6.07) is 14.6. The second-order valence-electron chi connectivity index (χ2n) is 10.0. The molecule has 4 N–H and O–H groups in total. The monoisotopic (exact) mass is 478 g/mol. The van der Waals surface area contributed by atoms with E-state index < -0.39 is 5.66 Å². The van der Waals surface area contributed by atoms with E-state index in [4.69, 9.17) is 15.2 Å². The zero-order chi connectivity index (χ0) is 24.8. The molecule has 0 aromatic heterocycles. The molecular formula is C29H42N4O2. The molecule has 1 atom stereocenters. The van der Waals surface area contributed by atoms with Gasteiger partial charge in [0.05, 0.1) is 13.2 Å². The van der Waals surface area contributed by atoms with E-state index in [0.29, 0.717) is 25.0 Å². The van der Waals surface area contributed by atoms with Crippen molar-refractivity contribution < 1.29 is 9.47 Å². The molecule has 1 saturated carbocycles. The Kier molecular flexibility index (Phi) is 8.24. The molecule has 2 aromatic rings. The summed E-state index contributed by atoms with van der Waals surface area (Å²) in [5.41, 5.74) is 11.2. The van der Waals surface area contributed by atoms with E-state index in [-0.39, 0.29) is 0 Å². The molecule has 1 unspecified atom stereocenters. The highest BCUT2D eigenvalue weighted by atomic mass is 16.5. The molecule has 0 amide bonds. The number of hydrogen-bond acceptors (Lipinski definition) is 6. The van der Waals surface area contributed by atoms with Crippen molar-refractivity contribution in [2.45, 2.75) is 51.7 Å². The highest BCUT2D eigenvalue weighted by Gasteiger charge is 2.39. The van der Waals surface area contributed by atoms with Gasteiger partial charge in [0, 0.05) is 43.2 Å². The Labute approximate surface area is 210 Å². The molecule has 6 heteroatoms. The molecular weight excluding hydrogens is 436 g/mol. The highest BCUT2D eigenvalue weighted by molar-refractivity contribution is 5.80. The molecule has 1 aliphatic heterocycles. The van der Waals surface area contributed by atoms with Crippen molar-refractivity contribution in [2.75, 3.05) is 39.2 Å². The molecule has 190 valence electrons. The lowest BCUT2D eigenvalue weighted by atomic mass is 9.74. The lowest BCUT2D eigenvalue weighted by molar-refractivity contribution is 0.214. The second kappa shape index (κ2) is 11.4. The van der Waals surface area contributed by atoms with Crippen molar-refractivity contribution in [1.82, 2.24) is 10.2 Å². The average molecular weight is 479 g/mol. The van der Waals surface area contributed by atoms with Gasteiger partial charge in [0.1, 0.15) is 17.2 Å². The molecule has 2 aliphatic rings. The predicted molar refractivity (Wildman–Crippen MR) is 145 cm³/mol. The SMILES string of the molecule is CCOc1ccc(OCC)c(CNCC2CCC(C3(N)C=C(N(C)C)c4ccccc4N3)CC2)c1. The number of benzene rings is 2. The summed E-state index contributed by atoms with van der Waals surface area (Å²) in [5, 5.41) is 7.35. The molecule has 1 aliphatic carbocycles. The van der Waals surface area contributed by atoms with E-state index in [9.17, 15) is 0 Å². The first kappa shape index (κ1) is 25.4. The van der Waals surface area contributed by atoms with Crippen LogP contribution in [0.4, 0.5) is 5.69 Å². The minimum Gasteiger partial charge on any atom is -0.494 e. The van der Waals surface area contributed by atoms with Crippen LogP contribution >= 0.6 is 0 Å². The van der Waals surface area contributed by atoms with E-state index in [0.717, 1.165) is 48.7 Å². The van der Waals surface area contributed by atoms with Crippen LogP contribution in [-0.4, -0.2) is 44.4 Å². The van der Waals surface area contributed by atoms with E-state index in [1.54, 1.807) is 0 Å². The third-order valence-electron chi connectivity index (χ3n) is 7.33. The minimum absolute atomic E-state index is 0.412. The van der Waals surface area contributed by atoms with Gasteiger partial charge in [-0.2, -0.15) is 0 Å². The van der Waals surface area contributed by atoms with Gasteiger partial charge in [0.2, 0.25) is 0 Å². The number of fused-ring (bicyclic) bond motifs is 1. The molecule has 1 heterocycles. The Morgan fingerprint density at radius 2 is 1.77 bits per heavy atom. The molecule has 35 heavy (non-hydrogen) atoms. The topological polar surface area (TPSA) is 71.8 Å². The zero-order valence-corrected chi connectivity index (χ0v) is 21.8. The van der Waals surface area contributed by atoms with E-state index in [1.807, 2.05) is 26.0 Å². The van der Waals surface area contributed by atoms with Crippen molar-refractivity contribution in [3.05, 3.63) is 59.7 Å². The van der Waals surface area contributed by atoms with Crippen molar-refractivity contribution in [3.63, 3.8) is 0 Å². The Bertz CT molecular complexity index is 1010. The van der Waals surface area contributed by atoms with Crippen LogP contribution in [0.5, 0.6) is 11.5 Å². The smallest absolute Gasteiger partial charge is 0.124 e. The van der Waals surface area contributed by atoms with Crippen LogP contribution in [0, 0.1) is 11.8 Å². The molecule has 6 nitrogen and oxygen atoms in total. The first-order chi connectivity index (χ1) is 16.9. The maximum absolute atomic E-state index is 7.03. The molecule has 4 rings (SSSR count). The van der Waals surface area contributed by atoms with E-state index in [1.165, 1.54) is 24.1 Å². The maximum atomic E-state index is 7.03. The van der Waals surface area contributed by atoms with Crippen molar-refractivity contribution in [3.8, 4) is 11.5 Å². The summed E-state index contributed by atoms with van der Waals surface area (Å²) < 4.78 is 11.5. The van der Waals surface area contributed by atoms with Gasteiger partial charge in [0.25, 0.3) is 0 Å². The Morgan fingerprint density at radius 1 is 1.03 bits per heavy atom. The second-order valence-corrected chi connectivity index (χ2v) is 10.0. The summed E-state index contributed by atoms with van der Waals surface area (Å²) in [6.45, 7) is 7.14.